The molecule has 0 aliphatic heterocycles. The second-order valence-electron chi connectivity index (χ2n) is 3.72. The minimum atomic E-state index is 0. The van der Waals surface area contributed by atoms with Gasteiger partial charge in [0.25, 0.3) is 0 Å². The number of hydrogen-bond acceptors (Lipinski definition) is 2. The third-order valence-corrected chi connectivity index (χ3v) is 2.48. The Hall–Kier alpha value is -1.51. The van der Waals surface area contributed by atoms with Gasteiger partial charge in [0, 0.05) is 18.7 Å². The van der Waals surface area contributed by atoms with E-state index in [0.717, 1.165) is 12.1 Å². The number of halogens is 1. The molecule has 90 valence electrons. The first kappa shape index (κ1) is 13.6. The van der Waals surface area contributed by atoms with Gasteiger partial charge in [-0.2, -0.15) is 0 Å². The Balaban J connectivity index is 0.00000144. The second kappa shape index (κ2) is 6.94. The van der Waals surface area contributed by atoms with Crippen molar-refractivity contribution < 1.29 is 5.11 Å². The predicted octanol–water partition coefficient (Wildman–Crippen LogP) is 3.10. The summed E-state index contributed by atoms with van der Waals surface area (Å²) < 4.78 is 0. The van der Waals surface area contributed by atoms with Crippen molar-refractivity contribution >= 4 is 12.4 Å². The van der Waals surface area contributed by atoms with Crippen molar-refractivity contribution in [2.75, 3.05) is 0 Å². The second-order valence-corrected chi connectivity index (χ2v) is 3.72. The fraction of sp³-hybridized carbons (Fsp3) is 0.143. The van der Waals surface area contributed by atoms with Gasteiger partial charge < -0.3 is 10.4 Å². The van der Waals surface area contributed by atoms with Crippen LogP contribution in [0.5, 0.6) is 5.75 Å². The zero-order valence-corrected chi connectivity index (χ0v) is 10.3. The largest absolute Gasteiger partial charge is 0.508 e. The zero-order chi connectivity index (χ0) is 11.2. The van der Waals surface area contributed by atoms with Crippen LogP contribution in [0, 0.1) is 0 Å². The lowest BCUT2D eigenvalue weighted by Gasteiger charge is -2.06. The quantitative estimate of drug-likeness (QED) is 0.873. The zero-order valence-electron chi connectivity index (χ0n) is 9.47. The summed E-state index contributed by atoms with van der Waals surface area (Å²) in [6, 6.07) is 17.6. The SMILES string of the molecule is Cl.Oc1ccccc1CNCc1ccccc1. The number of benzene rings is 2. The molecule has 0 saturated heterocycles. The summed E-state index contributed by atoms with van der Waals surface area (Å²) in [5.41, 5.74) is 2.18. The lowest BCUT2D eigenvalue weighted by atomic mass is 10.2. The number of phenolic OH excluding ortho intramolecular Hbond substituents is 1. The molecule has 0 fully saturated rings. The molecule has 0 unspecified atom stereocenters. The lowest BCUT2D eigenvalue weighted by Crippen LogP contribution is -2.12. The maximum atomic E-state index is 9.57. The van der Waals surface area contributed by atoms with E-state index in [2.05, 4.69) is 17.4 Å². The predicted molar refractivity (Wildman–Crippen MR) is 72.3 cm³/mol. The van der Waals surface area contributed by atoms with Gasteiger partial charge in [0.1, 0.15) is 5.75 Å². The van der Waals surface area contributed by atoms with E-state index in [1.165, 1.54) is 5.56 Å². The first-order valence-corrected chi connectivity index (χ1v) is 5.38. The summed E-state index contributed by atoms with van der Waals surface area (Å²) in [6.07, 6.45) is 0. The number of phenols is 1. The molecular formula is C14H16ClNO. The highest BCUT2D eigenvalue weighted by Gasteiger charge is 1.98. The first-order valence-electron chi connectivity index (χ1n) is 5.38. The summed E-state index contributed by atoms with van der Waals surface area (Å²) in [6.45, 7) is 1.50. The number of aromatic hydroxyl groups is 1. The van der Waals surface area contributed by atoms with E-state index < -0.39 is 0 Å². The van der Waals surface area contributed by atoms with Crippen molar-refractivity contribution in [3.05, 3.63) is 65.7 Å². The van der Waals surface area contributed by atoms with Crippen molar-refractivity contribution in [3.8, 4) is 5.75 Å². The van der Waals surface area contributed by atoms with Gasteiger partial charge in [0.15, 0.2) is 0 Å². The molecule has 2 aromatic carbocycles. The topological polar surface area (TPSA) is 32.3 Å². The molecule has 0 atom stereocenters. The van der Waals surface area contributed by atoms with Gasteiger partial charge in [0.05, 0.1) is 0 Å². The Labute approximate surface area is 108 Å². The molecule has 0 aliphatic rings. The Morgan fingerprint density at radius 3 is 2.18 bits per heavy atom. The van der Waals surface area contributed by atoms with Crippen LogP contribution in [0.3, 0.4) is 0 Å². The van der Waals surface area contributed by atoms with Crippen LogP contribution in [0.15, 0.2) is 54.6 Å². The molecule has 0 aliphatic carbocycles. The van der Waals surface area contributed by atoms with Gasteiger partial charge in [0.2, 0.25) is 0 Å². The third-order valence-electron chi connectivity index (χ3n) is 2.48. The molecule has 0 radical (unpaired) electrons. The van der Waals surface area contributed by atoms with E-state index in [0.29, 0.717) is 12.3 Å². The minimum Gasteiger partial charge on any atom is -0.508 e. The molecule has 2 nitrogen and oxygen atoms in total. The average Bonchev–Trinajstić information content (AvgIpc) is 2.33. The molecule has 0 spiro atoms. The van der Waals surface area contributed by atoms with Gasteiger partial charge in [-0.1, -0.05) is 48.5 Å². The monoisotopic (exact) mass is 249 g/mol. The van der Waals surface area contributed by atoms with E-state index >= 15 is 0 Å². The standard InChI is InChI=1S/C14H15NO.ClH/c16-14-9-5-4-8-13(14)11-15-10-12-6-2-1-3-7-12;/h1-9,15-16H,10-11H2;1H. The highest BCUT2D eigenvalue weighted by molar-refractivity contribution is 5.85. The summed E-state index contributed by atoms with van der Waals surface area (Å²) in [7, 11) is 0. The van der Waals surface area contributed by atoms with E-state index in [9.17, 15) is 5.11 Å². The normalized spacial score (nSPS) is 9.65. The molecule has 2 rings (SSSR count). The van der Waals surface area contributed by atoms with E-state index in [-0.39, 0.29) is 12.4 Å². The Bertz CT molecular complexity index is 445. The first-order chi connectivity index (χ1) is 7.86. The number of rotatable bonds is 4. The van der Waals surface area contributed by atoms with Crippen LogP contribution in [0.25, 0.3) is 0 Å². The van der Waals surface area contributed by atoms with Crippen LogP contribution in [0.2, 0.25) is 0 Å². The van der Waals surface area contributed by atoms with Crippen LogP contribution < -0.4 is 5.32 Å². The highest BCUT2D eigenvalue weighted by Crippen LogP contribution is 2.14. The van der Waals surface area contributed by atoms with Crippen LogP contribution in [0.4, 0.5) is 0 Å². The lowest BCUT2D eigenvalue weighted by molar-refractivity contribution is 0.464. The Morgan fingerprint density at radius 2 is 1.47 bits per heavy atom. The van der Waals surface area contributed by atoms with Gasteiger partial charge in [-0.05, 0) is 11.6 Å². The summed E-state index contributed by atoms with van der Waals surface area (Å²) in [5.74, 6) is 0.350. The molecule has 2 N–H and O–H groups in total. The number of para-hydroxylation sites is 1. The molecular weight excluding hydrogens is 234 g/mol. The van der Waals surface area contributed by atoms with Crippen LogP contribution >= 0.6 is 12.4 Å². The molecule has 0 saturated carbocycles. The van der Waals surface area contributed by atoms with E-state index in [1.807, 2.05) is 36.4 Å². The van der Waals surface area contributed by atoms with Gasteiger partial charge >= 0.3 is 0 Å². The van der Waals surface area contributed by atoms with E-state index in [1.54, 1.807) is 6.07 Å². The van der Waals surface area contributed by atoms with Crippen molar-refractivity contribution in [2.45, 2.75) is 13.1 Å². The van der Waals surface area contributed by atoms with Crippen molar-refractivity contribution in [1.82, 2.24) is 5.32 Å². The maximum absolute atomic E-state index is 9.57. The van der Waals surface area contributed by atoms with Crippen LogP contribution in [-0.2, 0) is 13.1 Å². The maximum Gasteiger partial charge on any atom is 0.120 e. The Kier molecular flexibility index (Phi) is 5.53. The minimum absolute atomic E-state index is 0. The number of nitrogens with one attached hydrogen (secondary N) is 1. The fourth-order valence-electron chi connectivity index (χ4n) is 1.60. The smallest absolute Gasteiger partial charge is 0.120 e. The Morgan fingerprint density at radius 1 is 0.824 bits per heavy atom. The molecule has 2 aromatic rings. The molecule has 0 aromatic heterocycles. The summed E-state index contributed by atoms with van der Waals surface area (Å²) in [4.78, 5) is 0. The van der Waals surface area contributed by atoms with Crippen LogP contribution in [-0.4, -0.2) is 5.11 Å². The third kappa shape index (κ3) is 4.10. The summed E-state index contributed by atoms with van der Waals surface area (Å²) in [5, 5.41) is 12.9. The van der Waals surface area contributed by atoms with Gasteiger partial charge in [-0.3, -0.25) is 0 Å². The van der Waals surface area contributed by atoms with E-state index in [4.69, 9.17) is 0 Å². The molecule has 0 bridgehead atoms. The van der Waals surface area contributed by atoms with Gasteiger partial charge in [-0.15, -0.1) is 12.4 Å². The average molecular weight is 250 g/mol. The highest BCUT2D eigenvalue weighted by atomic mass is 35.5. The summed E-state index contributed by atoms with van der Waals surface area (Å²) >= 11 is 0. The number of hydrogen-bond donors (Lipinski definition) is 2. The van der Waals surface area contributed by atoms with Crippen LogP contribution in [0.1, 0.15) is 11.1 Å². The molecule has 0 amide bonds. The fourth-order valence-corrected chi connectivity index (χ4v) is 1.60. The molecule has 0 heterocycles. The van der Waals surface area contributed by atoms with Gasteiger partial charge in [-0.25, -0.2) is 0 Å². The van der Waals surface area contributed by atoms with Crippen molar-refractivity contribution in [1.29, 1.82) is 0 Å². The molecule has 17 heavy (non-hydrogen) atoms. The molecule has 3 heteroatoms. The van der Waals surface area contributed by atoms with Crippen molar-refractivity contribution in [3.63, 3.8) is 0 Å². The van der Waals surface area contributed by atoms with Crippen molar-refractivity contribution in [2.24, 2.45) is 0 Å².